The van der Waals surface area contributed by atoms with Crippen LogP contribution in [0.25, 0.3) is 0 Å². The van der Waals surface area contributed by atoms with Gasteiger partial charge >= 0.3 is 0 Å². The summed E-state index contributed by atoms with van der Waals surface area (Å²) in [6.45, 7) is 19.4. The van der Waals surface area contributed by atoms with Gasteiger partial charge in [-0.05, 0) is 149 Å². The molecule has 0 spiro atoms. The molecule has 0 saturated heterocycles. The van der Waals surface area contributed by atoms with Crippen LogP contribution < -0.4 is 0 Å². The van der Waals surface area contributed by atoms with Crippen LogP contribution in [0.3, 0.4) is 0 Å². The smallest absolute Gasteiger partial charge is 0.122 e. The first-order valence-corrected chi connectivity index (χ1v) is 18.9. The molecule has 0 radical (unpaired) electrons. The predicted molar refractivity (Wildman–Crippen MR) is 207 cm³/mol. The van der Waals surface area contributed by atoms with Gasteiger partial charge in [0.15, 0.2) is 0 Å². The van der Waals surface area contributed by atoms with Crippen LogP contribution in [0.15, 0.2) is 48.5 Å². The van der Waals surface area contributed by atoms with E-state index in [0.29, 0.717) is 41.8 Å². The van der Waals surface area contributed by atoms with E-state index in [1.807, 2.05) is 20.8 Å². The number of aryl methyl sites for hydroxylation is 6. The van der Waals surface area contributed by atoms with E-state index in [9.17, 15) is 20.4 Å². The van der Waals surface area contributed by atoms with E-state index in [1.54, 1.807) is 0 Å². The maximum atomic E-state index is 11.2. The van der Waals surface area contributed by atoms with Crippen molar-refractivity contribution in [2.24, 2.45) is 5.92 Å². The predicted octanol–water partition coefficient (Wildman–Crippen LogP) is 11.1. The molecule has 0 heterocycles. The average Bonchev–Trinajstić information content (AvgIpc) is 3.08. The van der Waals surface area contributed by atoms with Crippen LogP contribution in [0.1, 0.15) is 140 Å². The summed E-state index contributed by atoms with van der Waals surface area (Å²) in [6, 6.07) is 17.2. The van der Waals surface area contributed by atoms with Crippen LogP contribution >= 0.6 is 0 Å². The van der Waals surface area contributed by atoms with Crippen molar-refractivity contribution in [3.8, 4) is 23.0 Å². The Hall–Kier alpha value is -3.92. The third-order valence-corrected chi connectivity index (χ3v) is 12.1. The molecule has 0 aromatic heterocycles. The van der Waals surface area contributed by atoms with Crippen LogP contribution in [0.2, 0.25) is 0 Å². The summed E-state index contributed by atoms with van der Waals surface area (Å²) < 4.78 is 0. The topological polar surface area (TPSA) is 80.9 Å². The van der Waals surface area contributed by atoms with E-state index in [4.69, 9.17) is 0 Å². The molecule has 0 amide bonds. The second kappa shape index (κ2) is 14.7. The van der Waals surface area contributed by atoms with Gasteiger partial charge in [-0.25, -0.2) is 0 Å². The molecule has 4 nitrogen and oxygen atoms in total. The standard InChI is InChI=1S/C46H60O4/c1-10-13-35-23-31(18-28(4)41(35)47)24-37-27-40(20-30(6)43(37)49)46(9)16-14-38(15-17-46)45(7,8)39-19-29(5)42(48)36(26-39)25-32-21-33(11-2)44(50)34(12-3)22-32/h18-23,26-27,38,47-50H,10-17,24-25H2,1-9H3. The Morgan fingerprint density at radius 3 is 1.64 bits per heavy atom. The molecule has 5 rings (SSSR count). The molecule has 1 saturated carbocycles. The lowest BCUT2D eigenvalue weighted by molar-refractivity contribution is 0.178. The zero-order valence-electron chi connectivity index (χ0n) is 32.1. The third-order valence-electron chi connectivity index (χ3n) is 12.1. The first-order chi connectivity index (χ1) is 23.6. The van der Waals surface area contributed by atoms with Gasteiger partial charge in [-0.1, -0.05) is 96.5 Å². The van der Waals surface area contributed by atoms with Gasteiger partial charge in [-0.2, -0.15) is 0 Å². The number of aromatic hydroxyl groups is 4. The zero-order valence-corrected chi connectivity index (χ0v) is 32.1. The van der Waals surface area contributed by atoms with Gasteiger partial charge in [-0.3, -0.25) is 0 Å². The highest BCUT2D eigenvalue weighted by molar-refractivity contribution is 5.52. The minimum Gasteiger partial charge on any atom is -0.507 e. The van der Waals surface area contributed by atoms with E-state index in [2.05, 4.69) is 90.1 Å². The van der Waals surface area contributed by atoms with Gasteiger partial charge in [-0.15, -0.1) is 0 Å². The van der Waals surface area contributed by atoms with Gasteiger partial charge in [0, 0.05) is 12.8 Å². The fraction of sp³-hybridized carbons (Fsp3) is 0.478. The van der Waals surface area contributed by atoms with E-state index in [-0.39, 0.29) is 10.8 Å². The highest BCUT2D eigenvalue weighted by Crippen LogP contribution is 2.49. The summed E-state index contributed by atoms with van der Waals surface area (Å²) in [4.78, 5) is 0. The van der Waals surface area contributed by atoms with Crippen LogP contribution in [-0.4, -0.2) is 20.4 Å². The highest BCUT2D eigenvalue weighted by atomic mass is 16.3. The van der Waals surface area contributed by atoms with Crippen molar-refractivity contribution in [1.29, 1.82) is 0 Å². The molecule has 1 aliphatic rings. The summed E-state index contributed by atoms with van der Waals surface area (Å²) >= 11 is 0. The van der Waals surface area contributed by atoms with Crippen molar-refractivity contribution in [2.45, 2.75) is 137 Å². The monoisotopic (exact) mass is 676 g/mol. The number of benzene rings is 4. The molecule has 4 aromatic rings. The average molecular weight is 677 g/mol. The van der Waals surface area contributed by atoms with Gasteiger partial charge in [0.2, 0.25) is 0 Å². The number of phenolic OH excluding ortho intramolecular Hbond substituents is 4. The first-order valence-electron chi connectivity index (χ1n) is 18.9. The van der Waals surface area contributed by atoms with Crippen molar-refractivity contribution < 1.29 is 20.4 Å². The summed E-state index contributed by atoms with van der Waals surface area (Å²) in [6.07, 6.45) is 8.96. The number of hydrogen-bond acceptors (Lipinski definition) is 4. The summed E-state index contributed by atoms with van der Waals surface area (Å²) in [5.41, 5.74) is 12.3. The summed E-state index contributed by atoms with van der Waals surface area (Å²) in [5.74, 6) is 2.04. The fourth-order valence-electron chi connectivity index (χ4n) is 8.60. The highest BCUT2D eigenvalue weighted by Gasteiger charge is 2.40. The Kier molecular flexibility index (Phi) is 11.0. The minimum absolute atomic E-state index is 0.0148. The van der Waals surface area contributed by atoms with Gasteiger partial charge in [0.1, 0.15) is 23.0 Å². The van der Waals surface area contributed by atoms with E-state index in [1.165, 1.54) is 11.1 Å². The van der Waals surface area contributed by atoms with Crippen molar-refractivity contribution in [1.82, 2.24) is 0 Å². The van der Waals surface area contributed by atoms with Gasteiger partial charge in [0.25, 0.3) is 0 Å². The number of rotatable bonds is 11. The van der Waals surface area contributed by atoms with E-state index < -0.39 is 0 Å². The third kappa shape index (κ3) is 7.41. The van der Waals surface area contributed by atoms with Gasteiger partial charge < -0.3 is 20.4 Å². The lowest BCUT2D eigenvalue weighted by Gasteiger charge is -2.44. The first kappa shape index (κ1) is 37.3. The fourth-order valence-corrected chi connectivity index (χ4v) is 8.60. The summed E-state index contributed by atoms with van der Waals surface area (Å²) in [5, 5.41) is 43.6. The molecule has 4 N–H and O–H groups in total. The molecule has 1 aliphatic carbocycles. The van der Waals surface area contributed by atoms with Crippen LogP contribution in [-0.2, 0) is 42.9 Å². The van der Waals surface area contributed by atoms with Crippen molar-refractivity contribution in [3.63, 3.8) is 0 Å². The number of hydrogen-bond donors (Lipinski definition) is 4. The molecule has 0 atom stereocenters. The molecule has 0 unspecified atom stereocenters. The normalized spacial score (nSPS) is 18.1. The molecular formula is C46H60O4. The minimum atomic E-state index is -0.0738. The Bertz CT molecular complexity index is 1830. The molecular weight excluding hydrogens is 617 g/mol. The molecule has 1 fully saturated rings. The largest absolute Gasteiger partial charge is 0.507 e. The van der Waals surface area contributed by atoms with E-state index >= 15 is 0 Å². The molecule has 268 valence electrons. The van der Waals surface area contributed by atoms with Crippen LogP contribution in [0.5, 0.6) is 23.0 Å². The van der Waals surface area contributed by atoms with Crippen molar-refractivity contribution >= 4 is 0 Å². The lowest BCUT2D eigenvalue weighted by atomic mass is 9.60. The molecule has 4 aromatic carbocycles. The SMILES string of the molecule is CCCc1cc(Cc2cc(C3(C)CCC(C(C)(C)c4cc(C)c(O)c(Cc5cc(CC)c(O)c(CC)c5)c4)CC3)cc(C)c2O)cc(C)c1O. The molecule has 4 heteroatoms. The Labute approximate surface area is 301 Å². The maximum absolute atomic E-state index is 11.2. The van der Waals surface area contributed by atoms with Crippen molar-refractivity contribution in [2.75, 3.05) is 0 Å². The van der Waals surface area contributed by atoms with Crippen LogP contribution in [0.4, 0.5) is 0 Å². The summed E-state index contributed by atoms with van der Waals surface area (Å²) in [7, 11) is 0. The second-order valence-corrected chi connectivity index (χ2v) is 16.2. The van der Waals surface area contributed by atoms with Crippen molar-refractivity contribution in [3.05, 3.63) is 115 Å². The Morgan fingerprint density at radius 2 is 1.08 bits per heavy atom. The molecule has 0 bridgehead atoms. The quantitative estimate of drug-likeness (QED) is 0.127. The zero-order chi connectivity index (χ0) is 36.5. The molecule has 0 aliphatic heterocycles. The number of phenols is 4. The second-order valence-electron chi connectivity index (χ2n) is 16.2. The van der Waals surface area contributed by atoms with Gasteiger partial charge in [0.05, 0.1) is 0 Å². The molecule has 50 heavy (non-hydrogen) atoms. The Morgan fingerprint density at radius 1 is 0.600 bits per heavy atom. The van der Waals surface area contributed by atoms with E-state index in [0.717, 1.165) is 107 Å². The lowest BCUT2D eigenvalue weighted by Crippen LogP contribution is -2.37. The van der Waals surface area contributed by atoms with Crippen LogP contribution in [0, 0.1) is 26.7 Å². The maximum Gasteiger partial charge on any atom is 0.122 e. The Balaban J connectivity index is 1.37.